The van der Waals surface area contributed by atoms with Crippen LogP contribution < -0.4 is 10.9 Å². The average molecular weight is 402 g/mol. The van der Waals surface area contributed by atoms with Crippen molar-refractivity contribution >= 4 is 21.8 Å². The van der Waals surface area contributed by atoms with Crippen molar-refractivity contribution in [2.75, 3.05) is 26.2 Å². The van der Waals surface area contributed by atoms with Gasteiger partial charge in [-0.3, -0.25) is 14.5 Å². The van der Waals surface area contributed by atoms with Crippen molar-refractivity contribution in [3.05, 3.63) is 65.7 Å². The zero-order chi connectivity index (χ0) is 20.3. The molecular formula is C19H22N4O4S. The second kappa shape index (κ2) is 8.09. The van der Waals surface area contributed by atoms with Gasteiger partial charge < -0.3 is 10.6 Å². The van der Waals surface area contributed by atoms with E-state index in [1.807, 2.05) is 35.2 Å². The molecule has 1 atom stereocenters. The summed E-state index contributed by atoms with van der Waals surface area (Å²) in [5, 5.41) is 5.14. The van der Waals surface area contributed by atoms with E-state index in [1.165, 1.54) is 18.2 Å². The first-order valence-corrected chi connectivity index (χ1v) is 10.3. The van der Waals surface area contributed by atoms with Gasteiger partial charge in [0, 0.05) is 31.7 Å². The number of benzene rings is 2. The van der Waals surface area contributed by atoms with Crippen molar-refractivity contribution in [3.8, 4) is 0 Å². The lowest BCUT2D eigenvalue weighted by Crippen LogP contribution is -2.51. The molecule has 1 heterocycles. The van der Waals surface area contributed by atoms with Crippen molar-refractivity contribution in [1.82, 2.24) is 9.80 Å². The predicted molar refractivity (Wildman–Crippen MR) is 104 cm³/mol. The maximum Gasteiger partial charge on any atom is 0.253 e. The molecule has 0 saturated carbocycles. The molecule has 28 heavy (non-hydrogen) atoms. The highest BCUT2D eigenvalue weighted by Crippen LogP contribution is 2.22. The first-order chi connectivity index (χ1) is 13.3. The molecule has 4 N–H and O–H groups in total. The van der Waals surface area contributed by atoms with Crippen LogP contribution in [0.1, 0.15) is 22.0 Å². The van der Waals surface area contributed by atoms with E-state index in [-0.39, 0.29) is 16.4 Å². The van der Waals surface area contributed by atoms with Gasteiger partial charge in [0.25, 0.3) is 5.91 Å². The number of primary sulfonamides is 1. The Balaban J connectivity index is 1.71. The summed E-state index contributed by atoms with van der Waals surface area (Å²) in [6, 6.07) is 14.4. The van der Waals surface area contributed by atoms with Crippen molar-refractivity contribution in [3.63, 3.8) is 0 Å². The normalized spacial score (nSPS) is 16.5. The van der Waals surface area contributed by atoms with Crippen LogP contribution >= 0.6 is 0 Å². The molecule has 2 aromatic rings. The van der Waals surface area contributed by atoms with E-state index in [2.05, 4.69) is 0 Å². The number of nitrogens with two attached hydrogens (primary N) is 2. The van der Waals surface area contributed by atoms with Gasteiger partial charge in [-0.1, -0.05) is 36.4 Å². The SMILES string of the molecule is NC(=O)[C@@H](c1ccccc1)N1CCN(C(=O)c2cccc(S(N)(=O)=O)c2)CC1. The third kappa shape index (κ3) is 4.38. The fourth-order valence-corrected chi connectivity index (χ4v) is 3.92. The molecule has 0 bridgehead atoms. The molecule has 1 aliphatic rings. The van der Waals surface area contributed by atoms with Crippen LogP contribution in [0.4, 0.5) is 0 Å². The smallest absolute Gasteiger partial charge is 0.253 e. The molecule has 2 aromatic carbocycles. The number of amides is 2. The summed E-state index contributed by atoms with van der Waals surface area (Å²) in [6.45, 7) is 1.75. The van der Waals surface area contributed by atoms with Crippen LogP contribution in [0.25, 0.3) is 0 Å². The van der Waals surface area contributed by atoms with E-state index in [0.717, 1.165) is 5.56 Å². The molecule has 0 aliphatic carbocycles. The van der Waals surface area contributed by atoms with Gasteiger partial charge in [-0.15, -0.1) is 0 Å². The molecule has 9 heteroatoms. The fourth-order valence-electron chi connectivity index (χ4n) is 3.36. The molecule has 8 nitrogen and oxygen atoms in total. The Hall–Kier alpha value is -2.75. The standard InChI is InChI=1S/C19H22N4O4S/c20-18(24)17(14-5-2-1-3-6-14)22-9-11-23(12-10-22)19(25)15-7-4-8-16(13-15)28(21,26)27/h1-8,13,17H,9-12H2,(H2,20,24)(H2,21,26,27)/t17-/m1/s1. The van der Waals surface area contributed by atoms with Gasteiger partial charge in [-0.2, -0.15) is 0 Å². The van der Waals surface area contributed by atoms with Crippen LogP contribution in [-0.2, 0) is 14.8 Å². The number of nitrogens with zero attached hydrogens (tertiary/aromatic N) is 2. The summed E-state index contributed by atoms with van der Waals surface area (Å²) in [4.78, 5) is 28.2. The quantitative estimate of drug-likeness (QED) is 0.745. The molecule has 1 fully saturated rings. The Bertz CT molecular complexity index is 970. The van der Waals surface area contributed by atoms with Gasteiger partial charge >= 0.3 is 0 Å². The van der Waals surface area contributed by atoms with Crippen molar-refractivity contribution in [2.45, 2.75) is 10.9 Å². The topological polar surface area (TPSA) is 127 Å². The van der Waals surface area contributed by atoms with E-state index < -0.39 is 22.0 Å². The number of hydrogen-bond donors (Lipinski definition) is 2. The summed E-state index contributed by atoms with van der Waals surface area (Å²) >= 11 is 0. The fraction of sp³-hybridized carbons (Fsp3) is 0.263. The van der Waals surface area contributed by atoms with Crippen LogP contribution in [0.15, 0.2) is 59.5 Å². The molecule has 148 valence electrons. The summed E-state index contributed by atoms with van der Waals surface area (Å²) in [6.07, 6.45) is 0. The van der Waals surface area contributed by atoms with E-state index in [4.69, 9.17) is 10.9 Å². The summed E-state index contributed by atoms with van der Waals surface area (Å²) in [5.41, 5.74) is 6.69. The second-order valence-corrected chi connectivity index (χ2v) is 8.18. The van der Waals surface area contributed by atoms with Crippen LogP contribution in [0.5, 0.6) is 0 Å². The maximum atomic E-state index is 12.7. The summed E-state index contributed by atoms with van der Waals surface area (Å²) < 4.78 is 23.0. The third-order valence-electron chi connectivity index (χ3n) is 4.76. The predicted octanol–water partition coefficient (Wildman–Crippen LogP) is 0.318. The van der Waals surface area contributed by atoms with Crippen LogP contribution in [-0.4, -0.2) is 56.2 Å². The minimum absolute atomic E-state index is 0.102. The van der Waals surface area contributed by atoms with Crippen LogP contribution in [0.2, 0.25) is 0 Å². The maximum absolute atomic E-state index is 12.7. The molecule has 0 radical (unpaired) electrons. The highest BCUT2D eigenvalue weighted by molar-refractivity contribution is 7.89. The van der Waals surface area contributed by atoms with Crippen LogP contribution in [0.3, 0.4) is 0 Å². The lowest BCUT2D eigenvalue weighted by atomic mass is 10.0. The van der Waals surface area contributed by atoms with E-state index in [0.29, 0.717) is 26.2 Å². The Morgan fingerprint density at radius 1 is 0.929 bits per heavy atom. The number of carbonyl (C=O) groups is 2. The molecule has 0 unspecified atom stereocenters. The van der Waals surface area contributed by atoms with Crippen molar-refractivity contribution in [1.29, 1.82) is 0 Å². The minimum Gasteiger partial charge on any atom is -0.368 e. The largest absolute Gasteiger partial charge is 0.368 e. The highest BCUT2D eigenvalue weighted by Gasteiger charge is 2.30. The average Bonchev–Trinajstić information content (AvgIpc) is 2.68. The Morgan fingerprint density at radius 3 is 2.14 bits per heavy atom. The molecule has 1 saturated heterocycles. The first kappa shape index (κ1) is 20.0. The van der Waals surface area contributed by atoms with Crippen LogP contribution in [0, 0.1) is 0 Å². The summed E-state index contributed by atoms with van der Waals surface area (Å²) in [7, 11) is -3.88. The molecule has 2 amide bonds. The van der Waals surface area contributed by atoms with Gasteiger partial charge in [0.05, 0.1) is 4.90 Å². The number of carbonyl (C=O) groups excluding carboxylic acids is 2. The lowest BCUT2D eigenvalue weighted by molar-refractivity contribution is -0.124. The Morgan fingerprint density at radius 2 is 1.57 bits per heavy atom. The Kier molecular flexibility index (Phi) is 5.78. The molecule has 0 spiro atoms. The minimum atomic E-state index is -3.88. The van der Waals surface area contributed by atoms with E-state index in [1.54, 1.807) is 11.0 Å². The summed E-state index contributed by atoms with van der Waals surface area (Å²) in [5.74, 6) is -0.715. The Labute approximate surface area is 163 Å². The zero-order valence-electron chi connectivity index (χ0n) is 15.2. The van der Waals surface area contributed by atoms with Gasteiger partial charge in [-0.05, 0) is 23.8 Å². The van der Waals surface area contributed by atoms with Gasteiger partial charge in [-0.25, -0.2) is 13.6 Å². The number of primary amides is 1. The third-order valence-corrected chi connectivity index (χ3v) is 5.67. The van der Waals surface area contributed by atoms with Crippen molar-refractivity contribution < 1.29 is 18.0 Å². The lowest BCUT2D eigenvalue weighted by Gasteiger charge is -2.38. The van der Waals surface area contributed by atoms with Gasteiger partial charge in [0.2, 0.25) is 15.9 Å². The number of rotatable bonds is 5. The number of sulfonamides is 1. The zero-order valence-corrected chi connectivity index (χ0v) is 16.0. The second-order valence-electron chi connectivity index (χ2n) is 6.62. The first-order valence-electron chi connectivity index (χ1n) is 8.78. The highest BCUT2D eigenvalue weighted by atomic mass is 32.2. The van der Waals surface area contributed by atoms with Gasteiger partial charge in [0.1, 0.15) is 6.04 Å². The van der Waals surface area contributed by atoms with E-state index in [9.17, 15) is 18.0 Å². The van der Waals surface area contributed by atoms with Gasteiger partial charge in [0.15, 0.2) is 0 Å². The number of hydrogen-bond acceptors (Lipinski definition) is 5. The van der Waals surface area contributed by atoms with E-state index >= 15 is 0 Å². The molecule has 1 aliphatic heterocycles. The monoisotopic (exact) mass is 402 g/mol. The number of piperazine rings is 1. The molecule has 3 rings (SSSR count). The van der Waals surface area contributed by atoms with Crippen molar-refractivity contribution in [2.24, 2.45) is 10.9 Å². The molecular weight excluding hydrogens is 380 g/mol. The molecule has 0 aromatic heterocycles.